The summed E-state index contributed by atoms with van der Waals surface area (Å²) in [4.78, 5) is 10.8. The summed E-state index contributed by atoms with van der Waals surface area (Å²) in [6, 6.07) is 24.4. The summed E-state index contributed by atoms with van der Waals surface area (Å²) in [7, 11) is 0. The fourth-order valence-corrected chi connectivity index (χ4v) is 4.38. The third-order valence-corrected chi connectivity index (χ3v) is 6.68. The number of benzene rings is 3. The second-order valence-corrected chi connectivity index (χ2v) is 9.94. The number of ether oxygens (including phenoxy) is 1. The highest BCUT2D eigenvalue weighted by Gasteiger charge is 2.07. The van der Waals surface area contributed by atoms with E-state index in [-0.39, 0.29) is 5.56 Å². The molecule has 0 aliphatic carbocycles. The predicted octanol–water partition coefficient (Wildman–Crippen LogP) is 9.97. The van der Waals surface area contributed by atoms with E-state index in [2.05, 4.69) is 84.4 Å². The van der Waals surface area contributed by atoms with Gasteiger partial charge in [-0.15, -0.1) is 0 Å². The molecule has 0 unspecified atom stereocenters. The normalized spacial score (nSPS) is 10.4. The Bertz CT molecular complexity index is 1000. The quantitative estimate of drug-likeness (QED) is 0.202. The van der Waals surface area contributed by atoms with Gasteiger partial charge in [0.15, 0.2) is 0 Å². The molecule has 0 saturated carbocycles. The molecule has 0 amide bonds. The summed E-state index contributed by atoms with van der Waals surface area (Å²) < 4.78 is 6.33. The molecular formula is C32H41BrO3. The first-order valence-corrected chi connectivity index (χ1v) is 14.1. The van der Waals surface area contributed by atoms with Crippen molar-refractivity contribution in [3.05, 3.63) is 88.4 Å². The summed E-state index contributed by atoms with van der Waals surface area (Å²) in [5.74, 6) is -0.221. The molecule has 0 spiro atoms. The monoisotopic (exact) mass is 552 g/mol. The Labute approximate surface area is 226 Å². The molecule has 0 bridgehead atoms. The van der Waals surface area contributed by atoms with Gasteiger partial charge in [0.25, 0.3) is 0 Å². The average molecular weight is 554 g/mol. The minimum Gasteiger partial charge on any atom is -0.492 e. The minimum absolute atomic E-state index is 0.263. The lowest BCUT2D eigenvalue weighted by Crippen LogP contribution is -2.00. The molecule has 0 fully saturated rings. The van der Waals surface area contributed by atoms with E-state index < -0.39 is 5.97 Å². The molecule has 1 N–H and O–H groups in total. The van der Waals surface area contributed by atoms with Crippen LogP contribution in [0.3, 0.4) is 0 Å². The number of unbranched alkanes of at least 4 members (excludes halogenated alkanes) is 7. The summed E-state index contributed by atoms with van der Waals surface area (Å²) >= 11 is 3.33. The standard InChI is InChI=1S/C17H20.C15H21BrO3/c1-2-3-5-8-15-11-13-17(14-12-15)16-9-6-4-7-10-16;1-2-3-4-5-6-7-10-19-14-9-8-12(15(17)18)11-13(14)16/h4,6-7,9-14H,2-3,5,8H2,1H3;8-9,11H,2-7,10H2,1H3,(H,17,18). The molecule has 4 heteroatoms. The van der Waals surface area contributed by atoms with Crippen LogP contribution in [0.5, 0.6) is 5.75 Å². The zero-order valence-electron chi connectivity index (χ0n) is 21.8. The Kier molecular flexibility index (Phi) is 14.6. The number of carboxylic acids is 1. The Morgan fingerprint density at radius 1 is 0.750 bits per heavy atom. The van der Waals surface area contributed by atoms with Gasteiger partial charge in [-0.1, -0.05) is 113 Å². The molecular weight excluding hydrogens is 512 g/mol. The van der Waals surface area contributed by atoms with Crippen LogP contribution in [0.15, 0.2) is 77.3 Å². The smallest absolute Gasteiger partial charge is 0.335 e. The first-order valence-electron chi connectivity index (χ1n) is 13.3. The lowest BCUT2D eigenvalue weighted by molar-refractivity contribution is 0.0696. The molecule has 0 radical (unpaired) electrons. The van der Waals surface area contributed by atoms with Gasteiger partial charge in [0, 0.05) is 0 Å². The highest BCUT2D eigenvalue weighted by molar-refractivity contribution is 9.10. The van der Waals surface area contributed by atoms with Crippen LogP contribution in [0.4, 0.5) is 0 Å². The van der Waals surface area contributed by atoms with Crippen molar-refractivity contribution in [2.45, 2.75) is 78.1 Å². The van der Waals surface area contributed by atoms with Crippen LogP contribution in [0.1, 0.15) is 87.6 Å². The molecule has 194 valence electrons. The van der Waals surface area contributed by atoms with Gasteiger partial charge in [0.1, 0.15) is 5.75 Å². The number of carbonyl (C=O) groups is 1. The number of rotatable bonds is 14. The summed E-state index contributed by atoms with van der Waals surface area (Å²) in [6.45, 7) is 5.14. The molecule has 0 heterocycles. The largest absolute Gasteiger partial charge is 0.492 e. The second kappa shape index (κ2) is 17.8. The molecule has 0 aliphatic heterocycles. The maximum atomic E-state index is 10.8. The van der Waals surface area contributed by atoms with Gasteiger partial charge in [-0.25, -0.2) is 4.79 Å². The summed E-state index contributed by atoms with van der Waals surface area (Å²) in [5.41, 5.74) is 4.33. The van der Waals surface area contributed by atoms with Crippen molar-refractivity contribution in [2.75, 3.05) is 6.61 Å². The van der Waals surface area contributed by atoms with Crippen LogP contribution in [0, 0.1) is 0 Å². The lowest BCUT2D eigenvalue weighted by atomic mass is 10.0. The molecule has 36 heavy (non-hydrogen) atoms. The van der Waals surface area contributed by atoms with Gasteiger partial charge in [0.2, 0.25) is 0 Å². The number of carboxylic acid groups (broad SMARTS) is 1. The molecule has 3 aromatic carbocycles. The van der Waals surface area contributed by atoms with Crippen LogP contribution in [-0.2, 0) is 6.42 Å². The Hall–Kier alpha value is -2.59. The molecule has 0 aromatic heterocycles. The van der Waals surface area contributed by atoms with E-state index in [1.807, 2.05) is 0 Å². The molecule has 3 aromatic rings. The van der Waals surface area contributed by atoms with Crippen molar-refractivity contribution < 1.29 is 14.6 Å². The van der Waals surface area contributed by atoms with Crippen molar-refractivity contribution in [3.8, 4) is 16.9 Å². The van der Waals surface area contributed by atoms with Gasteiger partial charge in [-0.2, -0.15) is 0 Å². The lowest BCUT2D eigenvalue weighted by Gasteiger charge is -2.08. The fourth-order valence-electron chi connectivity index (χ4n) is 3.89. The molecule has 0 aliphatic rings. The van der Waals surface area contributed by atoms with E-state index in [0.29, 0.717) is 16.8 Å². The first-order chi connectivity index (χ1) is 17.5. The van der Waals surface area contributed by atoms with Gasteiger partial charge >= 0.3 is 5.97 Å². The van der Waals surface area contributed by atoms with E-state index in [4.69, 9.17) is 9.84 Å². The molecule has 3 nitrogen and oxygen atoms in total. The Balaban J connectivity index is 0.000000255. The maximum Gasteiger partial charge on any atom is 0.335 e. The number of halogens is 1. The number of hydrogen-bond donors (Lipinski definition) is 1. The maximum absolute atomic E-state index is 10.8. The van der Waals surface area contributed by atoms with Crippen molar-refractivity contribution >= 4 is 21.9 Å². The minimum atomic E-state index is -0.928. The van der Waals surface area contributed by atoms with E-state index in [1.54, 1.807) is 18.2 Å². The summed E-state index contributed by atoms with van der Waals surface area (Å²) in [6.07, 6.45) is 12.5. The second-order valence-electron chi connectivity index (χ2n) is 9.09. The third-order valence-electron chi connectivity index (χ3n) is 6.06. The predicted molar refractivity (Wildman–Crippen MR) is 155 cm³/mol. The zero-order valence-corrected chi connectivity index (χ0v) is 23.4. The van der Waals surface area contributed by atoms with Crippen LogP contribution in [-0.4, -0.2) is 17.7 Å². The number of hydrogen-bond acceptors (Lipinski definition) is 2. The van der Waals surface area contributed by atoms with E-state index in [1.165, 1.54) is 74.5 Å². The van der Waals surface area contributed by atoms with Crippen molar-refractivity contribution in [1.29, 1.82) is 0 Å². The third kappa shape index (κ3) is 11.4. The number of aryl methyl sites for hydroxylation is 1. The number of aromatic carboxylic acids is 1. The highest BCUT2D eigenvalue weighted by Crippen LogP contribution is 2.26. The van der Waals surface area contributed by atoms with Crippen LogP contribution >= 0.6 is 15.9 Å². The van der Waals surface area contributed by atoms with Crippen molar-refractivity contribution in [1.82, 2.24) is 0 Å². The van der Waals surface area contributed by atoms with Gasteiger partial charge in [-0.3, -0.25) is 0 Å². The van der Waals surface area contributed by atoms with Crippen molar-refractivity contribution in [3.63, 3.8) is 0 Å². The van der Waals surface area contributed by atoms with Gasteiger partial charge in [-0.05, 0) is 70.1 Å². The zero-order chi connectivity index (χ0) is 26.0. The van der Waals surface area contributed by atoms with Crippen LogP contribution in [0.25, 0.3) is 11.1 Å². The topological polar surface area (TPSA) is 46.5 Å². The fraction of sp³-hybridized carbons (Fsp3) is 0.406. The summed E-state index contributed by atoms with van der Waals surface area (Å²) in [5, 5.41) is 8.86. The first kappa shape index (κ1) is 29.6. The Morgan fingerprint density at radius 3 is 2.00 bits per heavy atom. The van der Waals surface area contributed by atoms with Gasteiger partial charge in [0.05, 0.1) is 16.6 Å². The van der Waals surface area contributed by atoms with Crippen LogP contribution in [0.2, 0.25) is 0 Å². The van der Waals surface area contributed by atoms with E-state index in [9.17, 15) is 4.79 Å². The average Bonchev–Trinajstić information content (AvgIpc) is 2.90. The highest BCUT2D eigenvalue weighted by atomic mass is 79.9. The molecule has 3 rings (SSSR count). The van der Waals surface area contributed by atoms with E-state index in [0.717, 1.165) is 6.42 Å². The van der Waals surface area contributed by atoms with Crippen molar-refractivity contribution in [2.24, 2.45) is 0 Å². The van der Waals surface area contributed by atoms with Gasteiger partial charge < -0.3 is 9.84 Å². The SMILES string of the molecule is CCCCCCCCOc1ccc(C(=O)O)cc1Br.CCCCCc1ccc(-c2ccccc2)cc1. The van der Waals surface area contributed by atoms with E-state index >= 15 is 0 Å². The Morgan fingerprint density at radius 2 is 1.36 bits per heavy atom. The molecule has 0 atom stereocenters. The van der Waals surface area contributed by atoms with Crippen LogP contribution < -0.4 is 4.74 Å². The molecule has 0 saturated heterocycles.